The Balaban J connectivity index is 4.58. The summed E-state index contributed by atoms with van der Waals surface area (Å²) >= 11 is 0. The van der Waals surface area contributed by atoms with E-state index in [9.17, 15) is 9.59 Å². The van der Waals surface area contributed by atoms with Gasteiger partial charge in [-0.2, -0.15) is 0 Å². The summed E-state index contributed by atoms with van der Waals surface area (Å²) in [6.45, 7) is 7.78. The van der Waals surface area contributed by atoms with Crippen LogP contribution in [0.25, 0.3) is 0 Å². The predicted octanol–water partition coefficient (Wildman–Crippen LogP) is 2.44. The van der Waals surface area contributed by atoms with Crippen molar-refractivity contribution in [3.05, 3.63) is 0 Å². The molecule has 0 aromatic heterocycles. The fraction of sp³-hybridized carbons (Fsp3) is 0.833. The highest BCUT2D eigenvalue weighted by atomic mass is 16.5. The number of Topliss-reactive ketones (excluding diaryl/α,β-unsaturated/α-hetero) is 1. The second kappa shape index (κ2) is 6.59. The van der Waals surface area contributed by atoms with Gasteiger partial charge in [-0.15, -0.1) is 0 Å². The zero-order valence-corrected chi connectivity index (χ0v) is 10.4. The molecule has 3 heteroatoms. The molecule has 0 amide bonds. The van der Waals surface area contributed by atoms with Crippen LogP contribution in [0.15, 0.2) is 0 Å². The van der Waals surface area contributed by atoms with Gasteiger partial charge in [0.25, 0.3) is 0 Å². The molecule has 0 rings (SSSR count). The molecule has 0 aromatic rings. The average molecular weight is 214 g/mol. The Morgan fingerprint density at radius 1 is 1.20 bits per heavy atom. The molecule has 0 aliphatic carbocycles. The van der Waals surface area contributed by atoms with Crippen LogP contribution < -0.4 is 0 Å². The Labute approximate surface area is 92.2 Å². The van der Waals surface area contributed by atoms with Gasteiger partial charge in [0.05, 0.1) is 13.5 Å². The van der Waals surface area contributed by atoms with Crippen LogP contribution in [-0.2, 0) is 14.3 Å². The molecule has 0 aliphatic heterocycles. The molecule has 0 N–H and O–H groups in total. The second-order valence-electron chi connectivity index (χ2n) is 4.33. The van der Waals surface area contributed by atoms with Crippen molar-refractivity contribution >= 4 is 11.8 Å². The SMILES string of the molecule is CCC(C)C(CC(=O)OC)C(=O)C(C)C. The number of ether oxygens (including phenoxy) is 1. The first-order chi connectivity index (χ1) is 6.93. The van der Waals surface area contributed by atoms with Gasteiger partial charge in [0.1, 0.15) is 5.78 Å². The lowest BCUT2D eigenvalue weighted by Gasteiger charge is -2.22. The smallest absolute Gasteiger partial charge is 0.306 e. The van der Waals surface area contributed by atoms with E-state index in [0.29, 0.717) is 0 Å². The first kappa shape index (κ1) is 14.1. The summed E-state index contributed by atoms with van der Waals surface area (Å²) in [7, 11) is 1.36. The molecule has 0 radical (unpaired) electrons. The molecule has 0 saturated carbocycles. The zero-order chi connectivity index (χ0) is 12.0. The molecule has 88 valence electrons. The summed E-state index contributed by atoms with van der Waals surface area (Å²) < 4.78 is 4.61. The number of ketones is 1. The summed E-state index contributed by atoms with van der Waals surface area (Å²) in [6, 6.07) is 0. The van der Waals surface area contributed by atoms with E-state index in [-0.39, 0.29) is 35.9 Å². The average Bonchev–Trinajstić information content (AvgIpc) is 2.23. The molecule has 0 fully saturated rings. The summed E-state index contributed by atoms with van der Waals surface area (Å²) in [5.41, 5.74) is 0. The van der Waals surface area contributed by atoms with Crippen molar-refractivity contribution in [2.45, 2.75) is 40.5 Å². The lowest BCUT2D eigenvalue weighted by Crippen LogP contribution is -2.28. The van der Waals surface area contributed by atoms with Gasteiger partial charge in [0, 0.05) is 11.8 Å². The maximum atomic E-state index is 11.9. The van der Waals surface area contributed by atoms with E-state index in [1.54, 1.807) is 0 Å². The van der Waals surface area contributed by atoms with Crippen molar-refractivity contribution in [3.63, 3.8) is 0 Å². The fourth-order valence-corrected chi connectivity index (χ4v) is 1.56. The van der Waals surface area contributed by atoms with Crippen molar-refractivity contribution in [2.75, 3.05) is 7.11 Å². The molecule has 2 atom stereocenters. The number of carbonyl (C=O) groups is 2. The van der Waals surface area contributed by atoms with E-state index in [0.717, 1.165) is 6.42 Å². The van der Waals surface area contributed by atoms with Crippen LogP contribution >= 0.6 is 0 Å². The first-order valence-corrected chi connectivity index (χ1v) is 5.54. The highest BCUT2D eigenvalue weighted by molar-refractivity contribution is 5.86. The van der Waals surface area contributed by atoms with Gasteiger partial charge in [-0.3, -0.25) is 9.59 Å². The van der Waals surface area contributed by atoms with Crippen molar-refractivity contribution in [1.82, 2.24) is 0 Å². The van der Waals surface area contributed by atoms with Gasteiger partial charge >= 0.3 is 5.97 Å². The van der Waals surface area contributed by atoms with Gasteiger partial charge in [-0.25, -0.2) is 0 Å². The van der Waals surface area contributed by atoms with Crippen molar-refractivity contribution in [2.24, 2.45) is 17.8 Å². The molecule has 2 unspecified atom stereocenters. The number of hydrogen-bond donors (Lipinski definition) is 0. The molecule has 0 spiro atoms. The van der Waals surface area contributed by atoms with Gasteiger partial charge in [-0.05, 0) is 5.92 Å². The van der Waals surface area contributed by atoms with Crippen molar-refractivity contribution in [1.29, 1.82) is 0 Å². The number of esters is 1. The van der Waals surface area contributed by atoms with Crippen molar-refractivity contribution in [3.8, 4) is 0 Å². The number of hydrogen-bond acceptors (Lipinski definition) is 3. The minimum absolute atomic E-state index is 0.0198. The molecular formula is C12H22O3. The molecule has 0 saturated heterocycles. The summed E-state index contributed by atoms with van der Waals surface area (Å²) in [5, 5.41) is 0. The molecule has 3 nitrogen and oxygen atoms in total. The maximum Gasteiger partial charge on any atom is 0.306 e. The maximum absolute atomic E-state index is 11.9. The van der Waals surface area contributed by atoms with Gasteiger partial charge < -0.3 is 4.74 Å². The summed E-state index contributed by atoms with van der Waals surface area (Å²) in [5.74, 6) is -0.112. The van der Waals surface area contributed by atoms with E-state index in [2.05, 4.69) is 4.74 Å². The normalized spacial score (nSPS) is 14.8. The Morgan fingerprint density at radius 2 is 1.73 bits per heavy atom. The van der Waals surface area contributed by atoms with Gasteiger partial charge in [0.2, 0.25) is 0 Å². The Morgan fingerprint density at radius 3 is 2.07 bits per heavy atom. The fourth-order valence-electron chi connectivity index (χ4n) is 1.56. The first-order valence-electron chi connectivity index (χ1n) is 5.54. The number of methoxy groups -OCH3 is 1. The van der Waals surface area contributed by atoms with E-state index in [1.165, 1.54) is 7.11 Å². The third kappa shape index (κ3) is 4.45. The van der Waals surface area contributed by atoms with Crippen LogP contribution in [0, 0.1) is 17.8 Å². The van der Waals surface area contributed by atoms with Gasteiger partial charge in [0.15, 0.2) is 0 Å². The van der Waals surface area contributed by atoms with E-state index < -0.39 is 0 Å². The van der Waals surface area contributed by atoms with Crippen LogP contribution in [0.4, 0.5) is 0 Å². The largest absolute Gasteiger partial charge is 0.469 e. The van der Waals surface area contributed by atoms with E-state index >= 15 is 0 Å². The van der Waals surface area contributed by atoms with E-state index in [4.69, 9.17) is 0 Å². The second-order valence-corrected chi connectivity index (χ2v) is 4.33. The molecule has 0 heterocycles. The Bertz CT molecular complexity index is 221. The Kier molecular flexibility index (Phi) is 6.21. The standard InChI is InChI=1S/C12H22O3/c1-6-9(4)10(7-11(13)15-5)12(14)8(2)3/h8-10H,6-7H2,1-5H3. The van der Waals surface area contributed by atoms with Crippen molar-refractivity contribution < 1.29 is 14.3 Å². The minimum Gasteiger partial charge on any atom is -0.469 e. The third-order valence-electron chi connectivity index (χ3n) is 2.88. The molecule has 0 aliphatic rings. The topological polar surface area (TPSA) is 43.4 Å². The van der Waals surface area contributed by atoms with Gasteiger partial charge in [-0.1, -0.05) is 34.1 Å². The minimum atomic E-state index is -0.297. The van der Waals surface area contributed by atoms with Crippen LogP contribution in [0.3, 0.4) is 0 Å². The molecule has 0 bridgehead atoms. The molecule has 0 aromatic carbocycles. The highest BCUT2D eigenvalue weighted by Crippen LogP contribution is 2.23. The number of carbonyl (C=O) groups excluding carboxylic acids is 2. The molecular weight excluding hydrogens is 192 g/mol. The lowest BCUT2D eigenvalue weighted by atomic mass is 9.82. The third-order valence-corrected chi connectivity index (χ3v) is 2.88. The number of rotatable bonds is 6. The van der Waals surface area contributed by atoms with Crippen LogP contribution in [0.2, 0.25) is 0 Å². The van der Waals surface area contributed by atoms with Crippen LogP contribution in [-0.4, -0.2) is 18.9 Å². The molecule has 15 heavy (non-hydrogen) atoms. The van der Waals surface area contributed by atoms with Crippen LogP contribution in [0.1, 0.15) is 40.5 Å². The Hall–Kier alpha value is -0.860. The predicted molar refractivity (Wildman–Crippen MR) is 59.4 cm³/mol. The lowest BCUT2D eigenvalue weighted by molar-refractivity contribution is -0.145. The summed E-state index contributed by atoms with van der Waals surface area (Å²) in [4.78, 5) is 23.1. The quantitative estimate of drug-likeness (QED) is 0.638. The van der Waals surface area contributed by atoms with E-state index in [1.807, 2.05) is 27.7 Å². The highest BCUT2D eigenvalue weighted by Gasteiger charge is 2.28. The zero-order valence-electron chi connectivity index (χ0n) is 10.4. The monoisotopic (exact) mass is 214 g/mol. The van der Waals surface area contributed by atoms with Crippen LogP contribution in [0.5, 0.6) is 0 Å². The summed E-state index contributed by atoms with van der Waals surface area (Å²) in [6.07, 6.45) is 1.11.